The van der Waals surface area contributed by atoms with E-state index in [0.29, 0.717) is 40.8 Å². The SMILES string of the molecule is C=CCOC(=O)N1C(C)SCC1C(=O)OC(C)OC(=O)[C@H](Cc1cccc(S(C)(=O)=O)c1)NC(=O)c1c(Cl)cc2c(c1Cl)CCN(C(=O)c1ccc3ccoc3c1)C2. The molecule has 3 unspecified atom stereocenters. The average Bonchev–Trinajstić information content (AvgIpc) is 3.82. The van der Waals surface area contributed by atoms with Gasteiger partial charge in [0.1, 0.15) is 24.3 Å². The van der Waals surface area contributed by atoms with Crippen molar-refractivity contribution in [3.05, 3.63) is 111 Å². The van der Waals surface area contributed by atoms with Crippen molar-refractivity contribution in [2.75, 3.05) is 25.2 Å². The van der Waals surface area contributed by atoms with Gasteiger partial charge in [0.05, 0.1) is 32.1 Å². The fourth-order valence-electron chi connectivity index (χ4n) is 6.68. The first-order valence-corrected chi connectivity index (χ1v) is 21.7. The van der Waals surface area contributed by atoms with Crippen molar-refractivity contribution < 1.29 is 51.0 Å². The van der Waals surface area contributed by atoms with E-state index in [4.69, 9.17) is 41.8 Å². The molecular formula is C40H39Cl2N3O11S2. The van der Waals surface area contributed by atoms with Gasteiger partial charge in [-0.05, 0) is 66.4 Å². The summed E-state index contributed by atoms with van der Waals surface area (Å²) in [5.74, 6) is -2.72. The second-order valence-electron chi connectivity index (χ2n) is 13.6. The number of nitrogens with one attached hydrogen (secondary N) is 1. The number of halogens is 2. The topological polar surface area (TPSA) is 179 Å². The number of esters is 2. The van der Waals surface area contributed by atoms with Gasteiger partial charge in [-0.1, -0.05) is 54.1 Å². The summed E-state index contributed by atoms with van der Waals surface area (Å²) in [7, 11) is -3.63. The minimum Gasteiger partial charge on any atom is -0.464 e. The zero-order valence-corrected chi connectivity index (χ0v) is 34.7. The Hall–Kier alpha value is -5.03. The van der Waals surface area contributed by atoms with Crippen LogP contribution in [-0.4, -0.2) is 97.0 Å². The van der Waals surface area contributed by atoms with Gasteiger partial charge in [0.25, 0.3) is 11.8 Å². The number of sulfone groups is 1. The Morgan fingerprint density at radius 3 is 2.60 bits per heavy atom. The zero-order chi connectivity index (χ0) is 41.9. The minimum absolute atomic E-state index is 0.0135. The number of amides is 3. The van der Waals surface area contributed by atoms with Crippen molar-refractivity contribution in [1.82, 2.24) is 15.1 Å². The predicted molar refractivity (Wildman–Crippen MR) is 216 cm³/mol. The molecule has 0 radical (unpaired) electrons. The Kier molecular flexibility index (Phi) is 13.1. The summed E-state index contributed by atoms with van der Waals surface area (Å²) in [6.07, 6.45) is 1.82. The van der Waals surface area contributed by atoms with E-state index in [2.05, 4.69) is 11.9 Å². The number of rotatable bonds is 12. The highest BCUT2D eigenvalue weighted by Gasteiger charge is 2.42. The van der Waals surface area contributed by atoms with Gasteiger partial charge in [-0.2, -0.15) is 0 Å². The van der Waals surface area contributed by atoms with Crippen LogP contribution >= 0.6 is 35.0 Å². The molecule has 4 atom stereocenters. The zero-order valence-electron chi connectivity index (χ0n) is 31.6. The number of furan rings is 1. The van der Waals surface area contributed by atoms with Crippen LogP contribution in [0.2, 0.25) is 10.0 Å². The number of ether oxygens (including phenoxy) is 3. The van der Waals surface area contributed by atoms with Crippen molar-refractivity contribution in [2.24, 2.45) is 0 Å². The van der Waals surface area contributed by atoms with Crippen LogP contribution in [0.15, 0.2) is 82.8 Å². The smallest absolute Gasteiger partial charge is 0.411 e. The first-order chi connectivity index (χ1) is 27.5. The van der Waals surface area contributed by atoms with E-state index in [1.54, 1.807) is 54.5 Å². The molecule has 2 aliphatic heterocycles. The second kappa shape index (κ2) is 17.9. The van der Waals surface area contributed by atoms with Gasteiger partial charge in [-0.15, -0.1) is 11.8 Å². The van der Waals surface area contributed by atoms with Gasteiger partial charge in [-0.25, -0.2) is 22.8 Å². The van der Waals surface area contributed by atoms with E-state index >= 15 is 0 Å². The lowest BCUT2D eigenvalue weighted by molar-refractivity contribution is -0.188. The summed E-state index contributed by atoms with van der Waals surface area (Å²) >= 11 is 14.9. The van der Waals surface area contributed by atoms with Crippen molar-refractivity contribution in [3.8, 4) is 0 Å². The molecule has 4 aromatic rings. The van der Waals surface area contributed by atoms with Crippen LogP contribution in [0.1, 0.15) is 51.3 Å². The highest BCUT2D eigenvalue weighted by Crippen LogP contribution is 2.36. The van der Waals surface area contributed by atoms with E-state index in [1.165, 1.54) is 47.9 Å². The summed E-state index contributed by atoms with van der Waals surface area (Å²) in [4.78, 5) is 69.9. The van der Waals surface area contributed by atoms with E-state index in [1.807, 2.05) is 0 Å². The molecule has 1 N–H and O–H groups in total. The number of thioether (sulfide) groups is 1. The quantitative estimate of drug-likeness (QED) is 0.0970. The van der Waals surface area contributed by atoms with Gasteiger partial charge in [0, 0.05) is 49.4 Å². The van der Waals surface area contributed by atoms with Crippen LogP contribution in [-0.2, 0) is 53.0 Å². The van der Waals surface area contributed by atoms with Crippen LogP contribution in [0.4, 0.5) is 4.79 Å². The molecule has 1 fully saturated rings. The molecular weight excluding hydrogens is 833 g/mol. The van der Waals surface area contributed by atoms with E-state index in [-0.39, 0.29) is 51.7 Å². The van der Waals surface area contributed by atoms with Crippen molar-refractivity contribution in [1.29, 1.82) is 0 Å². The second-order valence-corrected chi connectivity index (χ2v) is 17.8. The van der Waals surface area contributed by atoms with Crippen molar-refractivity contribution in [3.63, 3.8) is 0 Å². The third-order valence-electron chi connectivity index (χ3n) is 9.57. The molecule has 18 heteroatoms. The number of benzene rings is 3. The molecule has 1 aromatic heterocycles. The van der Waals surface area contributed by atoms with E-state index in [0.717, 1.165) is 11.6 Å². The Bertz CT molecular complexity index is 2400. The lowest BCUT2D eigenvalue weighted by Gasteiger charge is -2.30. The maximum absolute atomic E-state index is 14.0. The molecule has 2 aliphatic rings. The highest BCUT2D eigenvalue weighted by atomic mass is 35.5. The monoisotopic (exact) mass is 871 g/mol. The highest BCUT2D eigenvalue weighted by molar-refractivity contribution is 8.00. The van der Waals surface area contributed by atoms with E-state index < -0.39 is 57.5 Å². The average molecular weight is 873 g/mol. The number of fused-ring (bicyclic) bond motifs is 2. The van der Waals surface area contributed by atoms with E-state index in [9.17, 15) is 32.4 Å². The van der Waals surface area contributed by atoms with Crippen molar-refractivity contribution >= 4 is 85.6 Å². The molecule has 6 rings (SSSR count). The molecule has 0 bridgehead atoms. The molecule has 14 nitrogen and oxygen atoms in total. The van der Waals surface area contributed by atoms with Gasteiger partial charge < -0.3 is 28.8 Å². The lowest BCUT2D eigenvalue weighted by Crippen LogP contribution is -2.47. The van der Waals surface area contributed by atoms with Gasteiger partial charge >= 0.3 is 18.0 Å². The lowest BCUT2D eigenvalue weighted by atomic mass is 9.95. The van der Waals surface area contributed by atoms with Crippen molar-refractivity contribution in [2.45, 2.75) is 61.9 Å². The molecule has 3 aromatic carbocycles. The Balaban J connectivity index is 1.19. The summed E-state index contributed by atoms with van der Waals surface area (Å²) < 4.78 is 46.1. The predicted octanol–water partition coefficient (Wildman–Crippen LogP) is 6.20. The maximum Gasteiger partial charge on any atom is 0.411 e. The largest absolute Gasteiger partial charge is 0.464 e. The number of nitrogens with zero attached hydrogens (tertiary/aromatic N) is 2. The van der Waals surface area contributed by atoms with Crippen LogP contribution in [0.5, 0.6) is 0 Å². The first-order valence-electron chi connectivity index (χ1n) is 18.0. The van der Waals surface area contributed by atoms with Crippen LogP contribution in [0.25, 0.3) is 11.0 Å². The summed E-state index contributed by atoms with van der Waals surface area (Å²) in [6.45, 7) is 6.94. The molecule has 306 valence electrons. The maximum atomic E-state index is 14.0. The van der Waals surface area contributed by atoms with Gasteiger partial charge in [0.2, 0.25) is 6.29 Å². The fraction of sp³-hybridized carbons (Fsp3) is 0.325. The van der Waals surface area contributed by atoms with Crippen LogP contribution in [0, 0.1) is 0 Å². The number of hydrogen-bond donors (Lipinski definition) is 1. The molecule has 0 aliphatic carbocycles. The summed E-state index contributed by atoms with van der Waals surface area (Å²) in [5, 5.41) is 3.09. The first kappa shape index (κ1) is 42.6. The van der Waals surface area contributed by atoms with Crippen LogP contribution < -0.4 is 5.32 Å². The number of carbonyl (C=O) groups is 5. The minimum atomic E-state index is -3.63. The van der Waals surface area contributed by atoms with Crippen LogP contribution in [0.3, 0.4) is 0 Å². The molecule has 0 saturated carbocycles. The molecule has 3 heterocycles. The third-order valence-corrected chi connectivity index (χ3v) is 12.6. The molecule has 3 amide bonds. The normalized spacial score (nSPS) is 17.5. The van der Waals surface area contributed by atoms with Gasteiger partial charge in [-0.3, -0.25) is 14.5 Å². The van der Waals surface area contributed by atoms with Gasteiger partial charge in [0.15, 0.2) is 9.84 Å². The molecule has 1 saturated heterocycles. The molecule has 58 heavy (non-hydrogen) atoms. The standard InChI is InChI=1S/C40H39Cl2N3O11S2/c1-5-14-54-40(50)45-22(2)57-21-32(45)39(49)56-23(3)55-38(48)31(17-24-7-6-8-28(16-24)58(4,51)52)43-36(46)34-30(41)18-27-20-44(13-11-29(27)35(34)42)37(47)26-10-9-25-12-15-53-33(25)19-26/h5-10,12,15-16,18-19,22-23,31-32H,1,11,13-14,17,20-21H2,2-4H3,(H,43,46)/t22?,23?,31-,32?/m0/s1. The summed E-state index contributed by atoms with van der Waals surface area (Å²) in [6, 6.07) is 11.9. The summed E-state index contributed by atoms with van der Waals surface area (Å²) in [5.41, 5.74) is 2.50. The Morgan fingerprint density at radius 1 is 1.09 bits per heavy atom. The molecule has 0 spiro atoms. The Morgan fingerprint density at radius 2 is 1.86 bits per heavy atom. The Labute approximate surface area is 348 Å². The number of carbonyl (C=O) groups excluding carboxylic acids is 5. The number of hydrogen-bond acceptors (Lipinski definition) is 12. The third kappa shape index (κ3) is 9.46. The fourth-order valence-corrected chi connectivity index (χ4v) is 9.29.